The Bertz CT molecular complexity index is 415. The number of hydrogen-bond donors (Lipinski definition) is 0. The summed E-state index contributed by atoms with van der Waals surface area (Å²) in [6, 6.07) is 8.29. The Kier molecular flexibility index (Phi) is 8.81. The summed E-state index contributed by atoms with van der Waals surface area (Å²) >= 11 is 0. The molecule has 0 amide bonds. The SMILES string of the molecule is C/C([O-])=N\S(=O)(=O)c1c[c-]ccc1.[Li+].[Na+]. The molecule has 0 spiro atoms. The quantitative estimate of drug-likeness (QED) is 0.218. The van der Waals surface area contributed by atoms with Crippen molar-refractivity contribution in [1.82, 2.24) is 0 Å². The molecule has 0 aliphatic carbocycles. The van der Waals surface area contributed by atoms with E-state index in [2.05, 4.69) is 10.5 Å². The average Bonchev–Trinajstić information content (AvgIpc) is 2.04. The van der Waals surface area contributed by atoms with E-state index in [1.54, 1.807) is 6.07 Å². The first-order valence-corrected chi connectivity index (χ1v) is 4.91. The molecule has 7 heteroatoms. The fraction of sp³-hybridized carbons (Fsp3) is 0.125. The second kappa shape index (κ2) is 7.50. The monoisotopic (exact) mass is 227 g/mol. The van der Waals surface area contributed by atoms with Gasteiger partial charge in [-0.3, -0.25) is 0 Å². The first-order valence-electron chi connectivity index (χ1n) is 3.47. The van der Waals surface area contributed by atoms with Crippen molar-refractivity contribution in [3.8, 4) is 0 Å². The molecule has 70 valence electrons. The van der Waals surface area contributed by atoms with Gasteiger partial charge in [0, 0.05) is 0 Å². The molecule has 0 unspecified atom stereocenters. The molecule has 0 aliphatic rings. The summed E-state index contributed by atoms with van der Waals surface area (Å²) in [5.41, 5.74) is 0. The topological polar surface area (TPSA) is 69.6 Å². The van der Waals surface area contributed by atoms with Crippen LogP contribution >= 0.6 is 0 Å². The van der Waals surface area contributed by atoms with Crippen molar-refractivity contribution in [2.24, 2.45) is 4.40 Å². The summed E-state index contributed by atoms with van der Waals surface area (Å²) in [6.45, 7) is 1.09. The molecule has 0 aromatic heterocycles. The fourth-order valence-corrected chi connectivity index (χ4v) is 1.67. The van der Waals surface area contributed by atoms with Gasteiger partial charge in [0.05, 0.1) is 0 Å². The largest absolute Gasteiger partial charge is 1.00 e. The maximum atomic E-state index is 11.2. The molecule has 0 heterocycles. The van der Waals surface area contributed by atoms with Gasteiger partial charge < -0.3 is 5.11 Å². The van der Waals surface area contributed by atoms with Gasteiger partial charge in [0.1, 0.15) is 0 Å². The number of benzene rings is 1. The number of rotatable bonds is 2. The van der Waals surface area contributed by atoms with Gasteiger partial charge in [-0.25, -0.2) is 8.42 Å². The smallest absolute Gasteiger partial charge is 0.861 e. The summed E-state index contributed by atoms with van der Waals surface area (Å²) < 4.78 is 25.5. The van der Waals surface area contributed by atoms with Crippen LogP contribution in [-0.4, -0.2) is 14.3 Å². The molecule has 0 bridgehead atoms. The molecule has 0 radical (unpaired) electrons. The molecule has 0 N–H and O–H groups in total. The third-order valence-electron chi connectivity index (χ3n) is 1.23. The molecular weight excluding hydrogens is 220 g/mol. The Hall–Kier alpha value is 0.237. The van der Waals surface area contributed by atoms with Crippen LogP contribution in [0.2, 0.25) is 0 Å². The van der Waals surface area contributed by atoms with E-state index in [4.69, 9.17) is 0 Å². The molecule has 1 rings (SSSR count). The van der Waals surface area contributed by atoms with Gasteiger partial charge >= 0.3 is 48.4 Å². The summed E-state index contributed by atoms with van der Waals surface area (Å²) in [7, 11) is -3.82. The van der Waals surface area contributed by atoms with E-state index < -0.39 is 15.9 Å². The second-order valence-electron chi connectivity index (χ2n) is 2.32. The summed E-state index contributed by atoms with van der Waals surface area (Å²) in [6.07, 6.45) is 0. The van der Waals surface area contributed by atoms with Crippen molar-refractivity contribution in [3.05, 3.63) is 30.3 Å². The van der Waals surface area contributed by atoms with Gasteiger partial charge in [0.2, 0.25) is 10.0 Å². The molecule has 1 aromatic rings. The normalized spacial score (nSPS) is 11.1. The van der Waals surface area contributed by atoms with E-state index in [0.717, 1.165) is 6.92 Å². The van der Waals surface area contributed by atoms with Crippen LogP contribution in [-0.2, 0) is 10.0 Å². The van der Waals surface area contributed by atoms with E-state index >= 15 is 0 Å². The zero-order valence-electron chi connectivity index (χ0n) is 8.89. The Balaban J connectivity index is 0. The van der Waals surface area contributed by atoms with Crippen LogP contribution in [0.3, 0.4) is 0 Å². The summed E-state index contributed by atoms with van der Waals surface area (Å²) in [4.78, 5) is -0.0230. The van der Waals surface area contributed by atoms with Crippen molar-refractivity contribution >= 4 is 15.9 Å². The van der Waals surface area contributed by atoms with Crippen LogP contribution < -0.4 is 53.5 Å². The van der Waals surface area contributed by atoms with E-state index in [9.17, 15) is 13.5 Å². The molecule has 0 atom stereocenters. The average molecular weight is 227 g/mol. The first kappa shape index (κ1) is 17.6. The van der Waals surface area contributed by atoms with Gasteiger partial charge in [-0.1, -0.05) is 0 Å². The predicted molar refractivity (Wildman–Crippen MR) is 45.6 cm³/mol. The van der Waals surface area contributed by atoms with Crippen molar-refractivity contribution in [2.75, 3.05) is 0 Å². The van der Waals surface area contributed by atoms with Crippen LogP contribution in [0.15, 0.2) is 33.6 Å². The minimum Gasteiger partial charge on any atom is -0.861 e. The van der Waals surface area contributed by atoms with E-state index in [0.29, 0.717) is 0 Å². The number of hydrogen-bond acceptors (Lipinski definition) is 3. The molecule has 0 fully saturated rings. The van der Waals surface area contributed by atoms with E-state index in [1.807, 2.05) is 0 Å². The van der Waals surface area contributed by atoms with Gasteiger partial charge in [0.15, 0.2) is 0 Å². The second-order valence-corrected chi connectivity index (χ2v) is 3.93. The molecule has 0 saturated heterocycles. The molecular formula is C8H7LiNNaO3S. The van der Waals surface area contributed by atoms with E-state index in [-0.39, 0.29) is 53.3 Å². The van der Waals surface area contributed by atoms with Crippen LogP contribution in [0, 0.1) is 6.07 Å². The standard InChI is InChI=1S/C8H8NO3S.Li.Na/c1-7(10)9-13(11,12)8-5-3-2-4-6-8;;/h2-3,5-6H,1H3,(H,9,10);;/q-1;2*+1/p-1. The van der Waals surface area contributed by atoms with Crippen LogP contribution in [0.1, 0.15) is 6.92 Å². The Morgan fingerprint density at radius 2 is 2.13 bits per heavy atom. The Morgan fingerprint density at radius 1 is 1.53 bits per heavy atom. The van der Waals surface area contributed by atoms with Crippen molar-refractivity contribution in [3.63, 3.8) is 0 Å². The van der Waals surface area contributed by atoms with Crippen molar-refractivity contribution < 1.29 is 61.9 Å². The summed E-state index contributed by atoms with van der Waals surface area (Å²) in [5.74, 6) is -0.733. The van der Waals surface area contributed by atoms with Crippen LogP contribution in [0.25, 0.3) is 0 Å². The predicted octanol–water partition coefficient (Wildman–Crippen LogP) is -6.04. The Labute approximate surface area is 123 Å². The maximum Gasteiger partial charge on any atom is 1.00 e. The maximum absolute atomic E-state index is 11.2. The minimum atomic E-state index is -3.82. The minimum absolute atomic E-state index is 0. The third kappa shape index (κ3) is 5.76. The Morgan fingerprint density at radius 3 is 2.53 bits per heavy atom. The first-order chi connectivity index (χ1) is 6.02. The van der Waals surface area contributed by atoms with Gasteiger partial charge in [-0.05, 0) is 17.7 Å². The van der Waals surface area contributed by atoms with Gasteiger partial charge in [-0.2, -0.15) is 34.7 Å². The van der Waals surface area contributed by atoms with Crippen molar-refractivity contribution in [2.45, 2.75) is 11.8 Å². The molecule has 4 nitrogen and oxygen atoms in total. The summed E-state index contributed by atoms with van der Waals surface area (Å²) in [5, 5.41) is 10.5. The number of nitrogens with zero attached hydrogens (tertiary/aromatic N) is 1. The zero-order valence-corrected chi connectivity index (χ0v) is 11.7. The molecule has 0 saturated carbocycles. The third-order valence-corrected chi connectivity index (χ3v) is 2.57. The molecule has 0 aliphatic heterocycles. The zero-order chi connectivity index (χ0) is 9.90. The fourth-order valence-electron chi connectivity index (χ4n) is 0.759. The van der Waals surface area contributed by atoms with Gasteiger partial charge in [-0.15, -0.1) is 0 Å². The van der Waals surface area contributed by atoms with Crippen LogP contribution in [0.5, 0.6) is 0 Å². The van der Waals surface area contributed by atoms with Gasteiger partial charge in [0.25, 0.3) is 0 Å². The molecule has 15 heavy (non-hydrogen) atoms. The molecule has 1 aromatic carbocycles. The van der Waals surface area contributed by atoms with Crippen molar-refractivity contribution in [1.29, 1.82) is 0 Å². The number of sulfonamides is 1. The van der Waals surface area contributed by atoms with E-state index in [1.165, 1.54) is 18.2 Å². The van der Waals surface area contributed by atoms with Crippen LogP contribution in [0.4, 0.5) is 0 Å².